The van der Waals surface area contributed by atoms with E-state index in [-0.39, 0.29) is 5.91 Å². The Morgan fingerprint density at radius 2 is 2.03 bits per heavy atom. The smallest absolute Gasteiger partial charge is 0.247 e. The van der Waals surface area contributed by atoms with Crippen molar-refractivity contribution in [2.45, 2.75) is 25.3 Å². The maximum Gasteiger partial charge on any atom is 0.247 e. The predicted molar refractivity (Wildman–Crippen MR) is 155 cm³/mol. The van der Waals surface area contributed by atoms with Crippen LogP contribution in [0.4, 0.5) is 17.3 Å². The van der Waals surface area contributed by atoms with Crippen molar-refractivity contribution in [3.63, 3.8) is 0 Å². The Hall–Kier alpha value is -4.18. The van der Waals surface area contributed by atoms with Gasteiger partial charge in [0, 0.05) is 63.8 Å². The van der Waals surface area contributed by atoms with E-state index in [1.165, 1.54) is 24.4 Å². The fraction of sp³-hybridized carbons (Fsp3) is 0.276. The highest BCUT2D eigenvalue weighted by Crippen LogP contribution is 2.41. The molecule has 9 nitrogen and oxygen atoms in total. The number of nitrogens with zero attached hydrogens (tertiary/aromatic N) is 3. The molecule has 0 spiro atoms. The maximum atomic E-state index is 12.1. The molecule has 4 aromatic rings. The average Bonchev–Trinajstić information content (AvgIpc) is 3.71. The molecule has 10 heteroatoms. The van der Waals surface area contributed by atoms with Gasteiger partial charge in [-0.05, 0) is 43.5 Å². The normalized spacial score (nSPS) is 13.6. The first kappa shape index (κ1) is 26.4. The molecule has 0 aliphatic heterocycles. The van der Waals surface area contributed by atoms with Gasteiger partial charge < -0.3 is 24.7 Å². The number of hydrogen-bond acceptors (Lipinski definition) is 7. The third-order valence-corrected chi connectivity index (χ3v) is 7.30. The number of benzene rings is 2. The number of ether oxygens (including phenoxy) is 2. The number of hydrogen-bond donors (Lipinski definition) is 2. The lowest BCUT2D eigenvalue weighted by Crippen LogP contribution is -2.11. The Kier molecular flexibility index (Phi) is 7.92. The minimum atomic E-state index is -0.907. The van der Waals surface area contributed by atoms with Crippen LogP contribution in [0.5, 0.6) is 11.5 Å². The van der Waals surface area contributed by atoms with Gasteiger partial charge in [-0.3, -0.25) is 9.00 Å². The molecule has 1 aliphatic rings. The molecule has 1 atom stereocenters. The van der Waals surface area contributed by atoms with E-state index in [2.05, 4.69) is 51.2 Å². The number of methoxy groups -OCH3 is 1. The lowest BCUT2D eigenvalue weighted by atomic mass is 10.1. The number of rotatable bonds is 12. The van der Waals surface area contributed by atoms with Crippen molar-refractivity contribution in [1.29, 1.82) is 0 Å². The van der Waals surface area contributed by atoms with Gasteiger partial charge in [0.05, 0.1) is 30.8 Å². The van der Waals surface area contributed by atoms with Gasteiger partial charge in [0.2, 0.25) is 11.9 Å². The Balaban J connectivity index is 1.45. The van der Waals surface area contributed by atoms with Crippen LogP contribution in [0.25, 0.3) is 22.2 Å². The highest BCUT2D eigenvalue weighted by molar-refractivity contribution is 7.84. The molecule has 202 valence electrons. The van der Waals surface area contributed by atoms with Gasteiger partial charge >= 0.3 is 0 Å². The molecule has 1 aliphatic carbocycles. The second-order valence-electron chi connectivity index (χ2n) is 9.31. The lowest BCUT2D eigenvalue weighted by Gasteiger charge is -2.17. The number of aromatic nitrogens is 3. The Morgan fingerprint density at radius 1 is 1.21 bits per heavy atom. The van der Waals surface area contributed by atoms with Crippen molar-refractivity contribution in [2.24, 2.45) is 0 Å². The zero-order valence-corrected chi connectivity index (χ0v) is 22.8. The standard InChI is InChI=1S/C29H31N5O4S/c1-4-28(35)31-24-16-23(26(37-2)17-27(24)38-14-7-15-39(3)36)33-29-30-13-12-22(32-29)21-18-34(19-10-11-19)25-9-6-5-8-20(21)25/h4-6,8-9,12-13,16-19H,1,7,10-11,14-15H2,2-3H3,(H,31,35)(H,30,32,33). The number of nitrogens with one attached hydrogen (secondary N) is 2. The second-order valence-corrected chi connectivity index (χ2v) is 10.9. The summed E-state index contributed by atoms with van der Waals surface area (Å²) in [5.41, 5.74) is 4.04. The highest BCUT2D eigenvalue weighted by Gasteiger charge is 2.26. The second kappa shape index (κ2) is 11.7. The topological polar surface area (TPSA) is 107 Å². The summed E-state index contributed by atoms with van der Waals surface area (Å²) in [4.78, 5) is 21.4. The van der Waals surface area contributed by atoms with Crippen molar-refractivity contribution in [1.82, 2.24) is 14.5 Å². The van der Waals surface area contributed by atoms with Crippen molar-refractivity contribution in [2.75, 3.05) is 36.4 Å². The molecule has 0 radical (unpaired) electrons. The molecule has 2 N–H and O–H groups in total. The zero-order chi connectivity index (χ0) is 27.4. The van der Waals surface area contributed by atoms with E-state index in [0.717, 1.165) is 16.6 Å². The molecule has 2 aromatic carbocycles. The molecule has 2 aromatic heterocycles. The molecule has 1 unspecified atom stereocenters. The van der Waals surface area contributed by atoms with Gasteiger partial charge in [-0.25, -0.2) is 9.97 Å². The summed E-state index contributed by atoms with van der Waals surface area (Å²) in [7, 11) is 0.645. The van der Waals surface area contributed by atoms with Crippen LogP contribution in [0.15, 0.2) is 67.5 Å². The summed E-state index contributed by atoms with van der Waals surface area (Å²) in [6.45, 7) is 3.87. The summed E-state index contributed by atoms with van der Waals surface area (Å²) in [5.74, 6) is 1.44. The fourth-order valence-corrected chi connectivity index (χ4v) is 4.95. The van der Waals surface area contributed by atoms with Crippen LogP contribution in [0.1, 0.15) is 25.3 Å². The first-order valence-corrected chi connectivity index (χ1v) is 14.5. The van der Waals surface area contributed by atoms with Crippen LogP contribution in [0.2, 0.25) is 0 Å². The van der Waals surface area contributed by atoms with Gasteiger partial charge in [0.1, 0.15) is 11.5 Å². The number of para-hydroxylation sites is 1. The van der Waals surface area contributed by atoms with Crippen molar-refractivity contribution >= 4 is 44.9 Å². The van der Waals surface area contributed by atoms with Crippen LogP contribution in [-0.4, -0.2) is 50.4 Å². The molecule has 1 saturated carbocycles. The number of carbonyl (C=O) groups excluding carboxylic acids is 1. The highest BCUT2D eigenvalue weighted by atomic mass is 32.2. The molecular weight excluding hydrogens is 514 g/mol. The molecule has 1 fully saturated rings. The van der Waals surface area contributed by atoms with Gasteiger partial charge in [0.15, 0.2) is 0 Å². The van der Waals surface area contributed by atoms with Gasteiger partial charge in [-0.1, -0.05) is 24.8 Å². The molecule has 5 rings (SSSR count). The van der Waals surface area contributed by atoms with E-state index in [0.29, 0.717) is 53.6 Å². The minimum Gasteiger partial charge on any atom is -0.494 e. The summed E-state index contributed by atoms with van der Waals surface area (Å²) >= 11 is 0. The summed E-state index contributed by atoms with van der Waals surface area (Å²) in [5, 5.41) is 7.17. The van der Waals surface area contributed by atoms with E-state index in [1.54, 1.807) is 31.7 Å². The first-order chi connectivity index (χ1) is 19.0. The van der Waals surface area contributed by atoms with Crippen molar-refractivity contribution < 1.29 is 18.5 Å². The quantitative estimate of drug-likeness (QED) is 0.180. The third kappa shape index (κ3) is 6.12. The largest absolute Gasteiger partial charge is 0.494 e. The number of anilines is 3. The van der Waals surface area contributed by atoms with Crippen molar-refractivity contribution in [3.05, 3.63) is 67.5 Å². The number of fused-ring (bicyclic) bond motifs is 1. The van der Waals surface area contributed by atoms with E-state index >= 15 is 0 Å². The zero-order valence-electron chi connectivity index (χ0n) is 22.0. The van der Waals surface area contributed by atoms with Crippen LogP contribution >= 0.6 is 0 Å². The Morgan fingerprint density at radius 3 is 2.77 bits per heavy atom. The summed E-state index contributed by atoms with van der Waals surface area (Å²) in [6.07, 6.45) is 9.73. The first-order valence-electron chi connectivity index (χ1n) is 12.7. The Bertz CT molecular complexity index is 1550. The molecule has 1 amide bonds. The van der Waals surface area contributed by atoms with E-state index in [1.807, 2.05) is 12.1 Å². The minimum absolute atomic E-state index is 0.339. The number of amides is 1. The van der Waals surface area contributed by atoms with Crippen LogP contribution < -0.4 is 20.1 Å². The lowest BCUT2D eigenvalue weighted by molar-refractivity contribution is -0.111. The summed E-state index contributed by atoms with van der Waals surface area (Å²) < 4.78 is 25.2. The maximum absolute atomic E-state index is 12.1. The van der Waals surface area contributed by atoms with Crippen molar-refractivity contribution in [3.8, 4) is 22.8 Å². The molecular formula is C29H31N5O4S. The SMILES string of the molecule is C=CC(=O)Nc1cc(Nc2nccc(-c3cn(C4CC4)c4ccccc34)n2)c(OC)cc1OCCCS(C)=O. The van der Waals surface area contributed by atoms with Crippen LogP contribution in [-0.2, 0) is 15.6 Å². The average molecular weight is 546 g/mol. The van der Waals surface area contributed by atoms with E-state index in [9.17, 15) is 9.00 Å². The number of carbonyl (C=O) groups is 1. The monoisotopic (exact) mass is 545 g/mol. The van der Waals surface area contributed by atoms with Crippen LogP contribution in [0.3, 0.4) is 0 Å². The van der Waals surface area contributed by atoms with Gasteiger partial charge in [-0.15, -0.1) is 0 Å². The predicted octanol–water partition coefficient (Wildman–Crippen LogP) is 5.46. The summed E-state index contributed by atoms with van der Waals surface area (Å²) in [6, 6.07) is 14.2. The third-order valence-electron chi connectivity index (χ3n) is 6.44. The molecule has 0 saturated heterocycles. The van der Waals surface area contributed by atoms with Gasteiger partial charge in [-0.2, -0.15) is 0 Å². The van der Waals surface area contributed by atoms with Crippen LogP contribution in [0, 0.1) is 0 Å². The van der Waals surface area contributed by atoms with Gasteiger partial charge in [0.25, 0.3) is 0 Å². The fourth-order valence-electron chi connectivity index (χ4n) is 4.43. The molecule has 0 bridgehead atoms. The molecule has 2 heterocycles. The van der Waals surface area contributed by atoms with E-state index in [4.69, 9.17) is 14.5 Å². The Labute approximate surface area is 229 Å². The van der Waals surface area contributed by atoms with E-state index < -0.39 is 10.8 Å². The molecule has 39 heavy (non-hydrogen) atoms.